The van der Waals surface area contributed by atoms with Crippen LogP contribution in [-0.2, 0) is 9.53 Å². The second-order valence-corrected chi connectivity index (χ2v) is 7.61. The number of allylic oxidation sites excluding steroid dienone is 1. The van der Waals surface area contributed by atoms with Crippen molar-refractivity contribution in [2.24, 2.45) is 0 Å². The Morgan fingerprint density at radius 1 is 1.48 bits per heavy atom. The summed E-state index contributed by atoms with van der Waals surface area (Å²) < 4.78 is 6.20. The molecule has 154 valence electrons. The number of hydrogen-bond donors (Lipinski definition) is 1. The van der Waals surface area contributed by atoms with E-state index in [1.807, 2.05) is 37.5 Å². The summed E-state index contributed by atoms with van der Waals surface area (Å²) >= 11 is 0. The zero-order valence-electron chi connectivity index (χ0n) is 17.6. The summed E-state index contributed by atoms with van der Waals surface area (Å²) in [6, 6.07) is 2.29. The van der Waals surface area contributed by atoms with Crippen LogP contribution in [0, 0.1) is 11.8 Å². The number of aromatic nitrogens is 2. The van der Waals surface area contributed by atoms with Gasteiger partial charge in [-0.2, -0.15) is 4.98 Å². The number of anilines is 2. The average Bonchev–Trinajstić information content (AvgIpc) is 3.05. The highest BCUT2D eigenvalue weighted by molar-refractivity contribution is 5.73. The number of nitrogens with one attached hydrogen (secondary N) is 1. The van der Waals surface area contributed by atoms with E-state index in [1.54, 1.807) is 0 Å². The Bertz CT molecular complexity index is 852. The molecular formula is C22H29N5O2. The van der Waals surface area contributed by atoms with Crippen molar-refractivity contribution in [3.05, 3.63) is 36.1 Å². The van der Waals surface area contributed by atoms with Crippen molar-refractivity contribution in [2.75, 3.05) is 36.5 Å². The fourth-order valence-corrected chi connectivity index (χ4v) is 3.11. The lowest BCUT2D eigenvalue weighted by Gasteiger charge is -2.24. The number of nitrogens with zero attached hydrogens (tertiary/aromatic N) is 4. The first-order valence-corrected chi connectivity index (χ1v) is 10.0. The molecule has 7 nitrogen and oxygen atoms in total. The lowest BCUT2D eigenvalue weighted by molar-refractivity contribution is -0.118. The van der Waals surface area contributed by atoms with Crippen molar-refractivity contribution >= 4 is 17.7 Å². The third-order valence-corrected chi connectivity index (χ3v) is 5.04. The van der Waals surface area contributed by atoms with Crippen LogP contribution in [-0.4, -0.2) is 60.8 Å². The minimum Gasteiger partial charge on any atom is -0.356 e. The van der Waals surface area contributed by atoms with Crippen LogP contribution in [0.15, 0.2) is 36.1 Å². The molecule has 1 aromatic rings. The molecule has 1 amide bonds. The quantitative estimate of drug-likeness (QED) is 0.712. The zero-order valence-corrected chi connectivity index (χ0v) is 17.6. The number of ether oxygens (including phenoxy) is 1. The van der Waals surface area contributed by atoms with Crippen LogP contribution in [0.3, 0.4) is 0 Å². The van der Waals surface area contributed by atoms with E-state index < -0.39 is 0 Å². The van der Waals surface area contributed by atoms with Crippen LogP contribution >= 0.6 is 0 Å². The molecule has 2 atom stereocenters. The third-order valence-electron chi connectivity index (χ3n) is 5.04. The van der Waals surface area contributed by atoms with Gasteiger partial charge in [0.05, 0.1) is 6.10 Å². The summed E-state index contributed by atoms with van der Waals surface area (Å²) in [5.41, 5.74) is 0.967. The molecule has 1 aliphatic heterocycles. The zero-order chi connectivity index (χ0) is 20.8. The van der Waals surface area contributed by atoms with Crippen molar-refractivity contribution in [2.45, 2.75) is 45.4 Å². The summed E-state index contributed by atoms with van der Waals surface area (Å²) in [4.78, 5) is 24.5. The van der Waals surface area contributed by atoms with Crippen molar-refractivity contribution in [3.63, 3.8) is 0 Å². The van der Waals surface area contributed by atoms with E-state index in [1.165, 1.54) is 6.92 Å². The number of rotatable bonds is 7. The molecule has 0 aromatic carbocycles. The molecule has 2 unspecified atom stereocenters. The highest BCUT2D eigenvalue weighted by Crippen LogP contribution is 2.23. The lowest BCUT2D eigenvalue weighted by Crippen LogP contribution is -2.29. The predicted molar refractivity (Wildman–Crippen MR) is 115 cm³/mol. The minimum absolute atomic E-state index is 0.0529. The van der Waals surface area contributed by atoms with Crippen molar-refractivity contribution in [1.82, 2.24) is 15.3 Å². The first kappa shape index (κ1) is 20.9. The molecule has 0 saturated carbocycles. The molecule has 1 fully saturated rings. The van der Waals surface area contributed by atoms with Gasteiger partial charge in [0.25, 0.3) is 0 Å². The largest absolute Gasteiger partial charge is 0.356 e. The first-order valence-electron chi connectivity index (χ1n) is 10.0. The Balaban J connectivity index is 1.55. The van der Waals surface area contributed by atoms with Crippen molar-refractivity contribution in [3.8, 4) is 11.8 Å². The van der Waals surface area contributed by atoms with Gasteiger partial charge in [0.2, 0.25) is 11.9 Å². The molecule has 2 aliphatic rings. The molecule has 1 aliphatic carbocycles. The maximum atomic E-state index is 11.1. The molecular weight excluding hydrogens is 366 g/mol. The van der Waals surface area contributed by atoms with E-state index in [9.17, 15) is 4.79 Å². The number of carbonyl (C=O) groups is 1. The molecule has 1 N–H and O–H groups in total. The van der Waals surface area contributed by atoms with E-state index in [0.717, 1.165) is 36.8 Å². The molecule has 29 heavy (non-hydrogen) atoms. The Kier molecular flexibility index (Phi) is 6.89. The van der Waals surface area contributed by atoms with Gasteiger partial charge in [-0.25, -0.2) is 4.98 Å². The molecule has 0 bridgehead atoms. The summed E-state index contributed by atoms with van der Waals surface area (Å²) in [6.07, 6.45) is 8.32. The smallest absolute Gasteiger partial charge is 0.227 e. The van der Waals surface area contributed by atoms with E-state index in [4.69, 9.17) is 9.72 Å². The Morgan fingerprint density at radius 2 is 2.31 bits per heavy atom. The van der Waals surface area contributed by atoms with E-state index in [0.29, 0.717) is 12.6 Å². The molecule has 0 radical (unpaired) electrons. The molecule has 7 heteroatoms. The maximum Gasteiger partial charge on any atom is 0.227 e. The highest BCUT2D eigenvalue weighted by Gasteiger charge is 2.26. The third kappa shape index (κ3) is 5.81. The Labute approximate surface area is 172 Å². The normalized spacial score (nSPS) is 20.7. The summed E-state index contributed by atoms with van der Waals surface area (Å²) in [5, 5.41) is 2.78. The van der Waals surface area contributed by atoms with Gasteiger partial charge < -0.3 is 19.9 Å². The van der Waals surface area contributed by atoms with Crippen LogP contribution in [0.2, 0.25) is 0 Å². The van der Waals surface area contributed by atoms with Crippen LogP contribution in [0.4, 0.5) is 11.8 Å². The van der Waals surface area contributed by atoms with Crippen LogP contribution < -0.4 is 15.1 Å². The lowest BCUT2D eigenvalue weighted by atomic mass is 10.2. The topological polar surface area (TPSA) is 70.6 Å². The molecule has 3 rings (SSSR count). The number of hydrogen-bond acceptors (Lipinski definition) is 6. The van der Waals surface area contributed by atoms with E-state index >= 15 is 0 Å². The second kappa shape index (κ2) is 9.57. The first-order chi connectivity index (χ1) is 13.9. The van der Waals surface area contributed by atoms with Gasteiger partial charge in [0.1, 0.15) is 11.9 Å². The van der Waals surface area contributed by atoms with Gasteiger partial charge in [-0.3, -0.25) is 4.79 Å². The van der Waals surface area contributed by atoms with Crippen molar-refractivity contribution < 1.29 is 9.53 Å². The van der Waals surface area contributed by atoms with Crippen LogP contribution in [0.5, 0.6) is 0 Å². The van der Waals surface area contributed by atoms with Gasteiger partial charge in [-0.15, -0.1) is 0 Å². The van der Waals surface area contributed by atoms with Gasteiger partial charge in [-0.05, 0) is 44.1 Å². The molecule has 2 heterocycles. The van der Waals surface area contributed by atoms with Crippen LogP contribution in [0.1, 0.15) is 27.2 Å². The van der Waals surface area contributed by atoms with Gasteiger partial charge >= 0.3 is 0 Å². The fraction of sp³-hybridized carbons (Fsp3) is 0.500. The van der Waals surface area contributed by atoms with E-state index in [-0.39, 0.29) is 18.1 Å². The van der Waals surface area contributed by atoms with Crippen molar-refractivity contribution in [1.29, 1.82) is 0 Å². The number of carbonyl (C=O) groups excluding carboxylic acids is 1. The van der Waals surface area contributed by atoms with E-state index in [2.05, 4.69) is 45.8 Å². The van der Waals surface area contributed by atoms with Gasteiger partial charge in [0.15, 0.2) is 0 Å². The predicted octanol–water partition coefficient (Wildman–Crippen LogP) is 1.92. The summed E-state index contributed by atoms with van der Waals surface area (Å²) in [7, 11) is 2.00. The summed E-state index contributed by atoms with van der Waals surface area (Å²) in [5.74, 6) is 7.75. The van der Waals surface area contributed by atoms with Crippen LogP contribution in [0.25, 0.3) is 0 Å². The van der Waals surface area contributed by atoms with Gasteiger partial charge in [-0.1, -0.05) is 17.9 Å². The standard InChI is InChI=1S/C22H29N5O2/c1-16(2)26(4)22-23-12-10-21(25-22)27-13-11-20(15-27)29-19-7-5-6-18(8-9-19)14-24-17(3)28/h6,8-10,12,16,19-20H,11,13-15H2,1-4H3,(H,24,28). The molecule has 0 spiro atoms. The Hall–Kier alpha value is -2.85. The minimum atomic E-state index is -0.251. The average molecular weight is 396 g/mol. The molecule has 1 aromatic heterocycles. The maximum absolute atomic E-state index is 11.1. The Morgan fingerprint density at radius 3 is 3.07 bits per heavy atom. The summed E-state index contributed by atoms with van der Waals surface area (Å²) in [6.45, 7) is 7.89. The second-order valence-electron chi connectivity index (χ2n) is 7.61. The monoisotopic (exact) mass is 395 g/mol. The van der Waals surface area contributed by atoms with Gasteiger partial charge in [0, 0.05) is 45.8 Å². The molecule has 1 saturated heterocycles. The highest BCUT2D eigenvalue weighted by atomic mass is 16.5. The fourth-order valence-electron chi connectivity index (χ4n) is 3.11. The SMILES string of the molecule is CC(=O)NCC1=CC#CC(OC2CCN(c3ccnc(N(C)C(C)C)n3)C2)C=C1. The number of amides is 1.